The largest absolute Gasteiger partial charge is 0.467 e. The molecule has 1 N–H and O–H groups in total. The highest BCUT2D eigenvalue weighted by Gasteiger charge is 2.29. The van der Waals surface area contributed by atoms with Crippen LogP contribution in [0.1, 0.15) is 49.2 Å². The van der Waals surface area contributed by atoms with E-state index in [0.717, 1.165) is 22.5 Å². The molecule has 0 aliphatic carbocycles. The summed E-state index contributed by atoms with van der Waals surface area (Å²) >= 11 is 6.46. The van der Waals surface area contributed by atoms with E-state index in [9.17, 15) is 5.11 Å². The van der Waals surface area contributed by atoms with Crippen LogP contribution in [0.3, 0.4) is 0 Å². The molecule has 0 spiro atoms. The van der Waals surface area contributed by atoms with E-state index in [2.05, 4.69) is 42.9 Å². The quantitative estimate of drug-likeness (QED) is 0.825. The molecule has 148 valence electrons. The van der Waals surface area contributed by atoms with E-state index in [4.69, 9.17) is 16.3 Å². The Labute approximate surface area is 171 Å². The van der Waals surface area contributed by atoms with Crippen LogP contribution in [0.25, 0.3) is 0 Å². The van der Waals surface area contributed by atoms with E-state index in [1.54, 1.807) is 19.2 Å². The van der Waals surface area contributed by atoms with Gasteiger partial charge in [-0.15, -0.1) is 0 Å². The molecule has 0 bridgehead atoms. The maximum Gasteiger partial charge on any atom is 0.315 e. The van der Waals surface area contributed by atoms with Gasteiger partial charge < -0.3 is 14.7 Å². The number of aliphatic hydroxyl groups excluding tert-OH is 1. The molecule has 0 saturated heterocycles. The number of hydrogen-bond acceptors (Lipinski definition) is 5. The Balaban J connectivity index is 2.08. The van der Waals surface area contributed by atoms with Crippen molar-refractivity contribution in [2.24, 2.45) is 9.98 Å². The summed E-state index contributed by atoms with van der Waals surface area (Å²) in [6.45, 7) is 6.49. The van der Waals surface area contributed by atoms with Gasteiger partial charge in [-0.25, -0.2) is 4.99 Å². The zero-order chi connectivity index (χ0) is 20.5. The lowest BCUT2D eigenvalue weighted by atomic mass is 9.86. The number of aliphatic hydroxyl groups is 1. The summed E-state index contributed by atoms with van der Waals surface area (Å²) in [5.41, 5.74) is 3.81. The van der Waals surface area contributed by atoms with E-state index >= 15 is 0 Å². The summed E-state index contributed by atoms with van der Waals surface area (Å²) in [6, 6.07) is 14.1. The van der Waals surface area contributed by atoms with Gasteiger partial charge >= 0.3 is 6.02 Å². The molecule has 0 aromatic heterocycles. The average Bonchev–Trinajstić information content (AvgIpc) is 2.68. The highest BCUT2D eigenvalue weighted by Crippen LogP contribution is 2.33. The Bertz CT molecular complexity index is 932. The van der Waals surface area contributed by atoms with E-state index in [1.165, 1.54) is 5.56 Å². The lowest BCUT2D eigenvalue weighted by molar-refractivity contribution is 0.281. The molecule has 2 aromatic rings. The zero-order valence-electron chi connectivity index (χ0n) is 16.9. The number of amidine groups is 2. The van der Waals surface area contributed by atoms with Gasteiger partial charge in [0.25, 0.3) is 0 Å². The number of halogens is 1. The molecule has 1 heterocycles. The van der Waals surface area contributed by atoms with Gasteiger partial charge in [-0.05, 0) is 34.7 Å². The van der Waals surface area contributed by atoms with Crippen LogP contribution in [0.15, 0.2) is 52.4 Å². The fourth-order valence-corrected chi connectivity index (χ4v) is 3.38. The maximum absolute atomic E-state index is 9.51. The lowest BCUT2D eigenvalue weighted by Crippen LogP contribution is -2.36. The lowest BCUT2D eigenvalue weighted by Gasteiger charge is -2.32. The van der Waals surface area contributed by atoms with E-state index in [0.29, 0.717) is 11.0 Å². The van der Waals surface area contributed by atoms with Crippen LogP contribution < -0.4 is 0 Å². The first-order chi connectivity index (χ1) is 13.2. The number of methoxy groups -OCH3 is 1. The minimum atomic E-state index is -0.403. The molecule has 1 aliphatic rings. The fraction of sp³-hybridized carbons (Fsp3) is 0.364. The van der Waals surface area contributed by atoms with Crippen LogP contribution in [0.5, 0.6) is 0 Å². The van der Waals surface area contributed by atoms with Gasteiger partial charge in [-0.2, -0.15) is 4.99 Å². The summed E-state index contributed by atoms with van der Waals surface area (Å²) in [5, 5.41) is 10.1. The van der Waals surface area contributed by atoms with Gasteiger partial charge in [0.05, 0.1) is 13.7 Å². The number of hydrogen-bond donors (Lipinski definition) is 1. The second-order valence-corrected chi connectivity index (χ2v) is 8.29. The van der Waals surface area contributed by atoms with Crippen molar-refractivity contribution in [2.75, 3.05) is 14.2 Å². The minimum Gasteiger partial charge on any atom is -0.467 e. The SMILES string of the molecule is COC1=NC(c2cc(CO)ccc2Cl)N(C)C(c2cccc(C(C)(C)C)c2)=N1. The van der Waals surface area contributed by atoms with Crippen LogP contribution in [-0.2, 0) is 16.8 Å². The number of rotatable bonds is 3. The molecule has 2 aromatic carbocycles. The smallest absolute Gasteiger partial charge is 0.315 e. The third-order valence-corrected chi connectivity index (χ3v) is 5.17. The Hall–Kier alpha value is -2.37. The van der Waals surface area contributed by atoms with Gasteiger partial charge in [0.1, 0.15) is 5.84 Å². The number of benzene rings is 2. The summed E-state index contributed by atoms with van der Waals surface area (Å²) in [7, 11) is 3.49. The highest BCUT2D eigenvalue weighted by atomic mass is 35.5. The van der Waals surface area contributed by atoms with Gasteiger partial charge in [0, 0.05) is 23.2 Å². The first-order valence-electron chi connectivity index (χ1n) is 9.18. The minimum absolute atomic E-state index is 0.0279. The van der Waals surface area contributed by atoms with E-state index in [-0.39, 0.29) is 12.0 Å². The molecule has 0 saturated carbocycles. The highest BCUT2D eigenvalue weighted by molar-refractivity contribution is 6.31. The molecule has 3 rings (SSSR count). The normalized spacial score (nSPS) is 17.2. The fourth-order valence-electron chi connectivity index (χ4n) is 3.16. The van der Waals surface area contributed by atoms with Crippen molar-refractivity contribution in [3.63, 3.8) is 0 Å². The summed E-state index contributed by atoms with van der Waals surface area (Å²) < 4.78 is 5.38. The molecule has 0 radical (unpaired) electrons. The van der Waals surface area contributed by atoms with Crippen LogP contribution in [-0.4, -0.2) is 36.0 Å². The molecule has 28 heavy (non-hydrogen) atoms. The second kappa shape index (κ2) is 7.94. The van der Waals surface area contributed by atoms with Crippen molar-refractivity contribution in [1.82, 2.24) is 4.90 Å². The average molecular weight is 400 g/mol. The Morgan fingerprint density at radius 2 is 1.93 bits per heavy atom. The predicted molar refractivity (Wildman–Crippen MR) is 114 cm³/mol. The molecule has 1 aliphatic heterocycles. The number of ether oxygens (including phenoxy) is 1. The Morgan fingerprint density at radius 3 is 2.57 bits per heavy atom. The Kier molecular flexibility index (Phi) is 5.77. The maximum atomic E-state index is 9.51. The van der Waals surface area contributed by atoms with Gasteiger partial charge in [-0.1, -0.05) is 56.6 Å². The molecule has 1 unspecified atom stereocenters. The molecule has 5 nitrogen and oxygen atoms in total. The third-order valence-electron chi connectivity index (χ3n) is 4.83. The first kappa shape index (κ1) is 20.4. The standard InChI is InChI=1S/C22H26ClN3O2/c1-22(2,3)16-8-6-7-15(12-16)19-24-21(28-5)25-20(26(19)4)17-11-14(13-27)9-10-18(17)23/h6-12,20,27H,13H2,1-5H3. The zero-order valence-corrected chi connectivity index (χ0v) is 17.7. The van der Waals surface area contributed by atoms with Crippen LogP contribution >= 0.6 is 11.6 Å². The van der Waals surface area contributed by atoms with Gasteiger partial charge in [0.15, 0.2) is 6.17 Å². The molecule has 6 heteroatoms. The molecule has 1 atom stereocenters. The van der Waals surface area contributed by atoms with Crippen molar-refractivity contribution in [1.29, 1.82) is 0 Å². The van der Waals surface area contributed by atoms with E-state index < -0.39 is 6.17 Å². The van der Waals surface area contributed by atoms with Crippen molar-refractivity contribution in [2.45, 2.75) is 39.0 Å². The predicted octanol–water partition coefficient (Wildman–Crippen LogP) is 4.52. The van der Waals surface area contributed by atoms with Gasteiger partial charge in [0.2, 0.25) is 0 Å². The summed E-state index contributed by atoms with van der Waals surface area (Å²) in [5.74, 6) is 0.758. The summed E-state index contributed by atoms with van der Waals surface area (Å²) in [6.07, 6.45) is -0.403. The summed E-state index contributed by atoms with van der Waals surface area (Å²) in [4.78, 5) is 11.2. The van der Waals surface area contributed by atoms with Gasteiger partial charge in [-0.3, -0.25) is 0 Å². The Morgan fingerprint density at radius 1 is 1.18 bits per heavy atom. The molecular weight excluding hydrogens is 374 g/mol. The number of nitrogens with zero attached hydrogens (tertiary/aromatic N) is 3. The topological polar surface area (TPSA) is 57.4 Å². The van der Waals surface area contributed by atoms with Crippen molar-refractivity contribution < 1.29 is 9.84 Å². The molecule has 0 fully saturated rings. The van der Waals surface area contributed by atoms with Crippen LogP contribution in [0, 0.1) is 0 Å². The van der Waals surface area contributed by atoms with Crippen molar-refractivity contribution in [3.8, 4) is 0 Å². The van der Waals surface area contributed by atoms with Crippen molar-refractivity contribution >= 4 is 23.5 Å². The molecular formula is C22H26ClN3O2. The van der Waals surface area contributed by atoms with Crippen LogP contribution in [0.4, 0.5) is 0 Å². The second-order valence-electron chi connectivity index (χ2n) is 7.88. The van der Waals surface area contributed by atoms with Crippen molar-refractivity contribution in [3.05, 3.63) is 69.7 Å². The van der Waals surface area contributed by atoms with Crippen LogP contribution in [0.2, 0.25) is 5.02 Å². The number of aliphatic imine (C=N–C) groups is 2. The van der Waals surface area contributed by atoms with E-state index in [1.807, 2.05) is 30.1 Å². The monoisotopic (exact) mass is 399 g/mol. The first-order valence-corrected chi connectivity index (χ1v) is 9.56. The third kappa shape index (κ3) is 4.05. The molecule has 0 amide bonds.